The van der Waals surface area contributed by atoms with E-state index in [0.717, 1.165) is 24.1 Å². The van der Waals surface area contributed by atoms with Gasteiger partial charge >= 0.3 is 26.4 Å². The minimum atomic E-state index is -2.77. The van der Waals surface area contributed by atoms with Gasteiger partial charge in [0, 0.05) is 77.0 Å². The van der Waals surface area contributed by atoms with Gasteiger partial charge in [-0.25, -0.2) is 0 Å². The van der Waals surface area contributed by atoms with E-state index in [-0.39, 0.29) is 0 Å². The van der Waals surface area contributed by atoms with Crippen LogP contribution < -0.4 is 0 Å². The van der Waals surface area contributed by atoms with Crippen LogP contribution >= 0.6 is 118 Å². The first-order valence-corrected chi connectivity index (χ1v) is 42.3. The summed E-state index contributed by atoms with van der Waals surface area (Å²) in [4.78, 5) is 0. The molecule has 1 fully saturated rings. The Labute approximate surface area is 381 Å². The minimum absolute atomic E-state index is 0.585. The van der Waals surface area contributed by atoms with Gasteiger partial charge in [0.2, 0.25) is 0 Å². The number of rotatable bonds is 40. The lowest BCUT2D eigenvalue weighted by molar-refractivity contribution is 0.0710. The molecule has 0 aliphatic heterocycles. The lowest BCUT2D eigenvalue weighted by Gasteiger charge is -2.35. The molecule has 0 saturated heterocycles. The van der Waals surface area contributed by atoms with Crippen LogP contribution in [-0.4, -0.2) is 108 Å². The molecule has 55 heavy (non-hydrogen) atoms. The van der Waals surface area contributed by atoms with Crippen molar-refractivity contribution in [3.63, 3.8) is 0 Å². The van der Waals surface area contributed by atoms with Crippen molar-refractivity contribution in [1.82, 2.24) is 0 Å². The van der Waals surface area contributed by atoms with Gasteiger partial charge in [0.25, 0.3) is 0 Å². The molecule has 0 bridgehead atoms. The van der Waals surface area contributed by atoms with Gasteiger partial charge in [0.05, 0.1) is 10.8 Å². The lowest BCUT2D eigenvalue weighted by Crippen LogP contribution is -2.49. The smallest absolute Gasteiger partial charge is 0.374 e. The fraction of sp³-hybridized carbons (Fsp3) is 1.00. The van der Waals surface area contributed by atoms with Gasteiger partial charge < -0.3 is 39.8 Å². The molecular weight excluding hydrogens is 985 g/mol. The molecule has 1 saturated carbocycles. The average Bonchev–Trinajstić information content (AvgIpc) is 3.16. The Morgan fingerprint density at radius 1 is 0.455 bits per heavy atom. The SMILES string of the molecule is CCO[Si](CCCS(SSSCCC1CCCCC1)(SSSSC[Si](OCC)(OCC)OCC)SSSSC[Si](OCC)(OCC)OCC)(OCC)OCC. The molecule has 0 atom stereocenters. The second kappa shape index (κ2) is 36.8. The maximum absolute atomic E-state index is 6.29. The summed E-state index contributed by atoms with van der Waals surface area (Å²) >= 11 is 0. The molecule has 24 heteroatoms. The molecule has 1 rings (SSSR count). The Bertz CT molecular complexity index is 815. The predicted octanol–water partition coefficient (Wildman–Crippen LogP) is 14.5. The normalized spacial score (nSPS) is 15.3. The molecule has 0 unspecified atom stereocenters. The molecule has 0 aromatic rings. The van der Waals surface area contributed by atoms with E-state index in [2.05, 4.69) is 9.83 Å². The maximum Gasteiger partial charge on any atom is 0.512 e. The first kappa shape index (κ1) is 57.5. The van der Waals surface area contributed by atoms with Crippen molar-refractivity contribution >= 4 is 145 Å². The van der Waals surface area contributed by atoms with Crippen molar-refractivity contribution < 1.29 is 39.8 Å². The summed E-state index contributed by atoms with van der Waals surface area (Å²) in [6, 6.07) is 0.813. The Morgan fingerprint density at radius 3 is 1.24 bits per heavy atom. The number of hydrogen-bond acceptors (Lipinski definition) is 20. The zero-order valence-corrected chi connectivity index (χ0v) is 47.3. The van der Waals surface area contributed by atoms with Crippen LogP contribution in [0.5, 0.6) is 0 Å². The largest absolute Gasteiger partial charge is 0.512 e. The standard InChI is InChI=1S/C31H70O9S12Si3/c1-10-32-53(33-11-2,34-12-3)28-22-27-52(49-46-41-26-25-31-23-20-19-21-24-31,50-47-44-42-29-54(35-13-4,36-14-5)37-15-6)51-48-45-43-30-55(38-16-7,39-17-8)40-18-9/h31H,10-30H2,1-9H3. The zero-order chi connectivity index (χ0) is 40.6. The highest BCUT2D eigenvalue weighted by molar-refractivity contribution is 9.74. The molecule has 9 nitrogen and oxygen atoms in total. The van der Waals surface area contributed by atoms with Crippen molar-refractivity contribution in [2.75, 3.05) is 81.7 Å². The summed E-state index contributed by atoms with van der Waals surface area (Å²) in [5.41, 5.74) is 0. The molecule has 332 valence electrons. The topological polar surface area (TPSA) is 83.1 Å². The predicted molar refractivity (Wildman–Crippen MR) is 273 cm³/mol. The lowest BCUT2D eigenvalue weighted by atomic mass is 9.88. The van der Waals surface area contributed by atoms with Crippen LogP contribution in [0.15, 0.2) is 0 Å². The van der Waals surface area contributed by atoms with Crippen LogP contribution in [0.1, 0.15) is 107 Å². The second-order valence-corrected chi connectivity index (χ2v) is 46.9. The fourth-order valence-corrected chi connectivity index (χ4v) is 66.6. The summed E-state index contributed by atoms with van der Waals surface area (Å²) in [7, 11) is 11.6. The summed E-state index contributed by atoms with van der Waals surface area (Å²) in [5, 5.41) is 1.43. The molecule has 0 spiro atoms. The van der Waals surface area contributed by atoms with Crippen molar-refractivity contribution in [1.29, 1.82) is 0 Å². The molecule has 0 heterocycles. The van der Waals surface area contributed by atoms with E-state index in [0.29, 0.717) is 70.2 Å². The van der Waals surface area contributed by atoms with Crippen molar-refractivity contribution in [3.05, 3.63) is 0 Å². The van der Waals surface area contributed by atoms with E-state index >= 15 is 0 Å². The fourth-order valence-electron chi connectivity index (χ4n) is 5.55. The Balaban J connectivity index is 3.20. The van der Waals surface area contributed by atoms with Crippen LogP contribution in [0.25, 0.3) is 0 Å². The van der Waals surface area contributed by atoms with Crippen LogP contribution in [0.4, 0.5) is 0 Å². The van der Waals surface area contributed by atoms with Gasteiger partial charge in [0.1, 0.15) is 0 Å². The number of hydrogen-bond donors (Lipinski definition) is 0. The van der Waals surface area contributed by atoms with Crippen molar-refractivity contribution in [2.45, 2.75) is 113 Å². The third-order valence-electron chi connectivity index (χ3n) is 7.56. The van der Waals surface area contributed by atoms with Gasteiger partial charge in [0.15, 0.2) is 0 Å². The Morgan fingerprint density at radius 2 is 0.836 bits per heavy atom. The zero-order valence-electron chi connectivity index (χ0n) is 34.5. The van der Waals surface area contributed by atoms with Gasteiger partial charge in [-0.2, -0.15) is 0 Å². The maximum atomic E-state index is 6.29. The van der Waals surface area contributed by atoms with E-state index in [1.54, 1.807) is 21.6 Å². The third-order valence-corrected chi connectivity index (χ3v) is 56.1. The third kappa shape index (κ3) is 25.5. The van der Waals surface area contributed by atoms with Gasteiger partial charge in [-0.1, -0.05) is 71.6 Å². The molecular formula is C31H70O9S12Si3. The van der Waals surface area contributed by atoms with E-state index in [4.69, 9.17) is 39.8 Å². The summed E-state index contributed by atoms with van der Waals surface area (Å²) in [6.07, 6.45) is 9.33. The van der Waals surface area contributed by atoms with Gasteiger partial charge in [-0.05, 0) is 160 Å². The first-order chi connectivity index (χ1) is 26.7. The molecule has 1 aliphatic carbocycles. The van der Waals surface area contributed by atoms with E-state index < -0.39 is 33.5 Å². The van der Waals surface area contributed by atoms with E-state index in [1.165, 1.54) is 44.3 Å². The quantitative estimate of drug-likeness (QED) is 0.0331. The van der Waals surface area contributed by atoms with E-state index in [9.17, 15) is 0 Å². The minimum Gasteiger partial charge on any atom is -0.374 e. The van der Waals surface area contributed by atoms with Crippen molar-refractivity contribution in [2.24, 2.45) is 5.92 Å². The molecule has 1 aliphatic rings. The average molecular weight is 1060 g/mol. The highest BCUT2D eigenvalue weighted by Crippen LogP contribution is 2.89. The first-order valence-electron chi connectivity index (χ1n) is 19.6. The second-order valence-electron chi connectivity index (χ2n) is 11.5. The molecule has 0 N–H and O–H groups in total. The molecule has 0 amide bonds. The van der Waals surface area contributed by atoms with Crippen LogP contribution in [0, 0.1) is 5.92 Å². The van der Waals surface area contributed by atoms with Crippen LogP contribution in [0.2, 0.25) is 6.04 Å². The summed E-state index contributed by atoms with van der Waals surface area (Å²) in [6.45, 7) is 23.5. The van der Waals surface area contributed by atoms with E-state index in [1.807, 2.05) is 142 Å². The Hall–Kier alpha value is 4.49. The summed E-state index contributed by atoms with van der Waals surface area (Å²) < 4.78 is 55.7. The highest BCUT2D eigenvalue weighted by Gasteiger charge is 2.43. The van der Waals surface area contributed by atoms with Gasteiger partial charge in [-0.3, -0.25) is 0 Å². The summed E-state index contributed by atoms with van der Waals surface area (Å²) in [5.74, 6) is 3.15. The molecule has 0 aromatic carbocycles. The van der Waals surface area contributed by atoms with Gasteiger partial charge in [-0.15, -0.1) is 0 Å². The highest BCUT2D eigenvalue weighted by atomic mass is 34.2. The van der Waals surface area contributed by atoms with Crippen molar-refractivity contribution in [3.8, 4) is 0 Å². The molecule has 0 aromatic heterocycles. The van der Waals surface area contributed by atoms with Crippen LogP contribution in [0.3, 0.4) is 0 Å². The van der Waals surface area contributed by atoms with Crippen LogP contribution in [-0.2, 0) is 39.8 Å². The Kier molecular flexibility index (Phi) is 38.5. The molecule has 0 radical (unpaired) electrons. The monoisotopic (exact) mass is 1050 g/mol.